The highest BCUT2D eigenvalue weighted by atomic mass is 14.9. The fourth-order valence-corrected chi connectivity index (χ4v) is 1.58. The van der Waals surface area contributed by atoms with E-state index < -0.39 is 0 Å². The Labute approximate surface area is 68.9 Å². The van der Waals surface area contributed by atoms with Gasteiger partial charge in [-0.25, -0.2) is 0 Å². The topological polar surface area (TPSA) is 38.0 Å². The summed E-state index contributed by atoms with van der Waals surface area (Å²) in [5.74, 6) is 0. The van der Waals surface area contributed by atoms with Crippen molar-refractivity contribution in [1.82, 2.24) is 5.32 Å². The van der Waals surface area contributed by atoms with Crippen LogP contribution in [0.2, 0.25) is 0 Å². The van der Waals surface area contributed by atoms with E-state index in [0.717, 1.165) is 25.9 Å². The maximum Gasteiger partial charge on any atom is 0.0203 e. The molecule has 0 fully saturated rings. The third-order valence-corrected chi connectivity index (χ3v) is 2.34. The summed E-state index contributed by atoms with van der Waals surface area (Å²) in [5.41, 5.74) is 8.90. The number of rotatable bonds is 1. The van der Waals surface area contributed by atoms with Gasteiger partial charge >= 0.3 is 0 Å². The van der Waals surface area contributed by atoms with Crippen LogP contribution in [0, 0.1) is 0 Å². The van der Waals surface area contributed by atoms with Gasteiger partial charge in [0.1, 0.15) is 0 Å². The van der Waals surface area contributed by atoms with Crippen LogP contribution in [0.1, 0.15) is 26.7 Å². The van der Waals surface area contributed by atoms with Gasteiger partial charge in [-0.15, -0.1) is 0 Å². The molecule has 0 aromatic rings. The van der Waals surface area contributed by atoms with Gasteiger partial charge in [0, 0.05) is 19.1 Å². The third kappa shape index (κ3) is 2.31. The molecular weight excluding hydrogens is 136 g/mol. The molecule has 0 spiro atoms. The molecule has 1 rings (SSSR count). The molecule has 11 heavy (non-hydrogen) atoms. The van der Waals surface area contributed by atoms with Gasteiger partial charge in [0.2, 0.25) is 0 Å². The number of hydrogen-bond donors (Lipinski definition) is 2. The minimum atomic E-state index is 0.322. The van der Waals surface area contributed by atoms with E-state index in [1.807, 2.05) is 0 Å². The standard InChI is InChI=1S/C9H18N2/c1-3-8-4-9(10)6-11-5-7(8)2/h9,11H,3-6,10H2,1-2H3. The van der Waals surface area contributed by atoms with Crippen LogP contribution in [0.5, 0.6) is 0 Å². The summed E-state index contributed by atoms with van der Waals surface area (Å²) < 4.78 is 0. The lowest BCUT2D eigenvalue weighted by Gasteiger charge is -2.09. The molecule has 0 amide bonds. The minimum Gasteiger partial charge on any atom is -0.326 e. The molecule has 1 heterocycles. The Morgan fingerprint density at radius 2 is 2.36 bits per heavy atom. The van der Waals surface area contributed by atoms with E-state index in [4.69, 9.17) is 5.73 Å². The zero-order valence-electron chi connectivity index (χ0n) is 7.48. The summed E-state index contributed by atoms with van der Waals surface area (Å²) in [7, 11) is 0. The molecule has 1 aliphatic rings. The van der Waals surface area contributed by atoms with Crippen LogP contribution in [-0.4, -0.2) is 19.1 Å². The van der Waals surface area contributed by atoms with Crippen LogP contribution >= 0.6 is 0 Å². The molecule has 64 valence electrons. The Kier molecular flexibility index (Phi) is 3.09. The molecular formula is C9H18N2. The smallest absolute Gasteiger partial charge is 0.0203 e. The Morgan fingerprint density at radius 3 is 3.00 bits per heavy atom. The molecule has 0 aliphatic carbocycles. The van der Waals surface area contributed by atoms with Crippen LogP contribution in [0.25, 0.3) is 0 Å². The van der Waals surface area contributed by atoms with Crippen molar-refractivity contribution in [3.8, 4) is 0 Å². The van der Waals surface area contributed by atoms with Crippen molar-refractivity contribution in [3.05, 3.63) is 11.1 Å². The molecule has 0 bridgehead atoms. The van der Waals surface area contributed by atoms with Gasteiger partial charge in [-0.1, -0.05) is 18.1 Å². The molecule has 1 atom stereocenters. The average molecular weight is 154 g/mol. The van der Waals surface area contributed by atoms with Crippen LogP contribution in [0.3, 0.4) is 0 Å². The number of hydrogen-bond acceptors (Lipinski definition) is 2. The Balaban J connectivity index is 2.65. The summed E-state index contributed by atoms with van der Waals surface area (Å²) in [5, 5.41) is 3.33. The Bertz CT molecular complexity index is 161. The first-order chi connectivity index (χ1) is 5.24. The van der Waals surface area contributed by atoms with E-state index in [1.165, 1.54) is 5.57 Å². The second-order valence-electron chi connectivity index (χ2n) is 3.33. The lowest BCUT2D eigenvalue weighted by molar-refractivity contribution is 0.609. The van der Waals surface area contributed by atoms with Crippen LogP contribution in [-0.2, 0) is 0 Å². The highest BCUT2D eigenvalue weighted by Crippen LogP contribution is 2.15. The SMILES string of the molecule is CCC1=C(C)CNCC(N)C1. The molecule has 3 N–H and O–H groups in total. The average Bonchev–Trinajstić information content (AvgIpc) is 2.13. The van der Waals surface area contributed by atoms with E-state index in [2.05, 4.69) is 19.2 Å². The summed E-state index contributed by atoms with van der Waals surface area (Å²) in [6, 6.07) is 0.322. The molecule has 2 nitrogen and oxygen atoms in total. The highest BCUT2D eigenvalue weighted by molar-refractivity contribution is 5.16. The fraction of sp³-hybridized carbons (Fsp3) is 0.778. The largest absolute Gasteiger partial charge is 0.326 e. The maximum atomic E-state index is 5.87. The van der Waals surface area contributed by atoms with Gasteiger partial charge in [0.25, 0.3) is 0 Å². The molecule has 0 radical (unpaired) electrons. The van der Waals surface area contributed by atoms with Gasteiger partial charge in [0.15, 0.2) is 0 Å². The van der Waals surface area contributed by atoms with Crippen LogP contribution in [0.15, 0.2) is 11.1 Å². The predicted octanol–water partition coefficient (Wildman–Crippen LogP) is 1.03. The van der Waals surface area contributed by atoms with Gasteiger partial charge < -0.3 is 11.1 Å². The van der Waals surface area contributed by atoms with Crippen molar-refractivity contribution in [2.45, 2.75) is 32.7 Å². The van der Waals surface area contributed by atoms with Crippen molar-refractivity contribution in [2.75, 3.05) is 13.1 Å². The summed E-state index contributed by atoms with van der Waals surface area (Å²) in [6.45, 7) is 6.39. The Hall–Kier alpha value is -0.340. The first-order valence-electron chi connectivity index (χ1n) is 4.37. The first-order valence-corrected chi connectivity index (χ1v) is 4.37. The monoisotopic (exact) mass is 154 g/mol. The minimum absolute atomic E-state index is 0.322. The van der Waals surface area contributed by atoms with Crippen LogP contribution in [0.4, 0.5) is 0 Å². The molecule has 2 heteroatoms. The van der Waals surface area contributed by atoms with Crippen molar-refractivity contribution in [2.24, 2.45) is 5.73 Å². The molecule has 1 unspecified atom stereocenters. The van der Waals surface area contributed by atoms with E-state index in [9.17, 15) is 0 Å². The second kappa shape index (κ2) is 3.88. The summed E-state index contributed by atoms with van der Waals surface area (Å²) >= 11 is 0. The van der Waals surface area contributed by atoms with Gasteiger partial charge in [-0.3, -0.25) is 0 Å². The Morgan fingerprint density at radius 1 is 1.64 bits per heavy atom. The first kappa shape index (κ1) is 8.75. The van der Waals surface area contributed by atoms with Crippen molar-refractivity contribution in [1.29, 1.82) is 0 Å². The zero-order chi connectivity index (χ0) is 8.27. The maximum absolute atomic E-state index is 5.87. The molecule has 0 saturated carbocycles. The van der Waals surface area contributed by atoms with Gasteiger partial charge in [0.05, 0.1) is 0 Å². The second-order valence-corrected chi connectivity index (χ2v) is 3.33. The predicted molar refractivity (Wildman–Crippen MR) is 48.5 cm³/mol. The van der Waals surface area contributed by atoms with E-state index in [1.54, 1.807) is 5.57 Å². The highest BCUT2D eigenvalue weighted by Gasteiger charge is 2.11. The number of nitrogens with two attached hydrogens (primary N) is 1. The fourth-order valence-electron chi connectivity index (χ4n) is 1.58. The lowest BCUT2D eigenvalue weighted by atomic mass is 10.0. The van der Waals surface area contributed by atoms with Crippen molar-refractivity contribution in [3.63, 3.8) is 0 Å². The van der Waals surface area contributed by atoms with E-state index in [0.29, 0.717) is 6.04 Å². The summed E-state index contributed by atoms with van der Waals surface area (Å²) in [6.07, 6.45) is 2.23. The van der Waals surface area contributed by atoms with Gasteiger partial charge in [-0.05, 0) is 19.8 Å². The van der Waals surface area contributed by atoms with E-state index in [-0.39, 0.29) is 0 Å². The van der Waals surface area contributed by atoms with Crippen LogP contribution < -0.4 is 11.1 Å². The van der Waals surface area contributed by atoms with Gasteiger partial charge in [-0.2, -0.15) is 0 Å². The normalized spacial score (nSPS) is 27.0. The quantitative estimate of drug-likeness (QED) is 0.554. The molecule has 1 aliphatic heterocycles. The lowest BCUT2D eigenvalue weighted by Crippen LogP contribution is -2.32. The molecule has 0 aromatic carbocycles. The van der Waals surface area contributed by atoms with E-state index >= 15 is 0 Å². The van der Waals surface area contributed by atoms with Crippen molar-refractivity contribution < 1.29 is 0 Å². The van der Waals surface area contributed by atoms with Crippen molar-refractivity contribution >= 4 is 0 Å². The number of nitrogens with one attached hydrogen (secondary N) is 1. The molecule has 0 aromatic heterocycles. The third-order valence-electron chi connectivity index (χ3n) is 2.34. The summed E-state index contributed by atoms with van der Waals surface area (Å²) in [4.78, 5) is 0. The zero-order valence-corrected chi connectivity index (χ0v) is 7.48. The molecule has 0 saturated heterocycles.